The summed E-state index contributed by atoms with van der Waals surface area (Å²) in [4.78, 5) is 16.5. The molecular formula is C19H17FN2O2S. The Morgan fingerprint density at radius 2 is 2.24 bits per heavy atom. The lowest BCUT2D eigenvalue weighted by molar-refractivity contribution is -0.117. The van der Waals surface area contributed by atoms with Crippen LogP contribution in [0.2, 0.25) is 0 Å². The molecule has 1 aliphatic rings. The summed E-state index contributed by atoms with van der Waals surface area (Å²) in [6.07, 6.45) is 0.726. The van der Waals surface area contributed by atoms with Crippen molar-refractivity contribution in [2.75, 3.05) is 11.9 Å². The normalized spacial score (nSPS) is 19.2. The van der Waals surface area contributed by atoms with Gasteiger partial charge in [-0.15, -0.1) is 0 Å². The molecule has 0 spiro atoms. The molecule has 0 unspecified atom stereocenters. The van der Waals surface area contributed by atoms with Crippen LogP contribution in [0.1, 0.15) is 12.0 Å². The van der Waals surface area contributed by atoms with Gasteiger partial charge in [0.2, 0.25) is 5.91 Å². The van der Waals surface area contributed by atoms with Crippen LogP contribution >= 0.6 is 11.3 Å². The van der Waals surface area contributed by atoms with Crippen molar-refractivity contribution >= 4 is 32.6 Å². The van der Waals surface area contributed by atoms with Crippen molar-refractivity contribution in [1.29, 1.82) is 0 Å². The third-order valence-electron chi connectivity index (χ3n) is 4.62. The molecule has 1 aromatic heterocycles. The molecule has 4 rings (SSSR count). The largest absolute Gasteiger partial charge is 0.396 e. The zero-order valence-electron chi connectivity index (χ0n) is 13.6. The average molecular weight is 356 g/mol. The Morgan fingerprint density at radius 1 is 1.40 bits per heavy atom. The maximum absolute atomic E-state index is 14.2. The predicted molar refractivity (Wildman–Crippen MR) is 97.1 cm³/mol. The van der Waals surface area contributed by atoms with Gasteiger partial charge in [0.1, 0.15) is 5.82 Å². The van der Waals surface area contributed by atoms with Crippen molar-refractivity contribution in [1.82, 2.24) is 4.98 Å². The number of hydrogen-bond donors (Lipinski definition) is 2. The van der Waals surface area contributed by atoms with Crippen LogP contribution in [0.15, 0.2) is 36.4 Å². The van der Waals surface area contributed by atoms with E-state index in [1.54, 1.807) is 6.07 Å². The number of nitrogens with one attached hydrogen (secondary N) is 1. The van der Waals surface area contributed by atoms with Gasteiger partial charge in [-0.2, -0.15) is 0 Å². The lowest BCUT2D eigenvalue weighted by Crippen LogP contribution is -2.15. The average Bonchev–Trinajstić information content (AvgIpc) is 3.27. The highest BCUT2D eigenvalue weighted by Crippen LogP contribution is 2.39. The van der Waals surface area contributed by atoms with E-state index < -0.39 is 0 Å². The highest BCUT2D eigenvalue weighted by molar-refractivity contribution is 7.22. The minimum atomic E-state index is -0.249. The number of fused-ring (bicyclic) bond motifs is 1. The van der Waals surface area contributed by atoms with Crippen LogP contribution in [0.3, 0.4) is 0 Å². The standard InChI is InChI=1S/C19H17FN2O2S/c1-10-3-2-4-14(20)17(10)11-5-6-15-16(8-11)25-19(21-15)22-18(24)13-7-12(13)9-23/h2-6,8,12-13,23H,7,9H2,1H3,(H,21,22,24)/t12-,13-/m0/s1. The van der Waals surface area contributed by atoms with Crippen LogP contribution in [0.4, 0.5) is 9.52 Å². The van der Waals surface area contributed by atoms with Gasteiger partial charge in [0.05, 0.1) is 10.2 Å². The van der Waals surface area contributed by atoms with Crippen molar-refractivity contribution in [3.8, 4) is 11.1 Å². The minimum Gasteiger partial charge on any atom is -0.396 e. The molecule has 1 aliphatic carbocycles. The summed E-state index contributed by atoms with van der Waals surface area (Å²) >= 11 is 1.37. The zero-order valence-corrected chi connectivity index (χ0v) is 14.4. The molecule has 3 aromatic rings. The Morgan fingerprint density at radius 3 is 2.96 bits per heavy atom. The Hall–Kier alpha value is -2.31. The fourth-order valence-electron chi connectivity index (χ4n) is 3.10. The summed E-state index contributed by atoms with van der Waals surface area (Å²) in [5.41, 5.74) is 3.04. The summed E-state index contributed by atoms with van der Waals surface area (Å²) in [5, 5.41) is 12.4. The quantitative estimate of drug-likeness (QED) is 0.743. The molecule has 0 radical (unpaired) electrons. The van der Waals surface area contributed by atoms with Crippen LogP contribution in [0.25, 0.3) is 21.3 Å². The number of anilines is 1. The van der Waals surface area contributed by atoms with E-state index in [0.29, 0.717) is 10.7 Å². The molecule has 2 N–H and O–H groups in total. The van der Waals surface area contributed by atoms with Crippen molar-refractivity contribution in [2.24, 2.45) is 11.8 Å². The van der Waals surface area contributed by atoms with E-state index in [9.17, 15) is 9.18 Å². The smallest absolute Gasteiger partial charge is 0.229 e. The van der Waals surface area contributed by atoms with Crippen LogP contribution in [-0.2, 0) is 4.79 Å². The molecule has 0 saturated heterocycles. The summed E-state index contributed by atoms with van der Waals surface area (Å²) in [6, 6.07) is 10.6. The predicted octanol–water partition coefficient (Wildman–Crippen LogP) is 3.98. The van der Waals surface area contributed by atoms with Gasteiger partial charge in [0.25, 0.3) is 0 Å². The molecule has 1 amide bonds. The Balaban J connectivity index is 1.63. The van der Waals surface area contributed by atoms with Gasteiger partial charge < -0.3 is 10.4 Å². The molecule has 1 fully saturated rings. The number of carbonyl (C=O) groups is 1. The highest BCUT2D eigenvalue weighted by atomic mass is 32.1. The van der Waals surface area contributed by atoms with Crippen LogP contribution in [0, 0.1) is 24.6 Å². The molecule has 128 valence electrons. The van der Waals surface area contributed by atoms with Crippen molar-refractivity contribution in [3.05, 3.63) is 47.8 Å². The second-order valence-corrected chi connectivity index (χ2v) is 7.44. The first-order chi connectivity index (χ1) is 12.1. The van der Waals surface area contributed by atoms with E-state index in [0.717, 1.165) is 27.8 Å². The maximum Gasteiger partial charge on any atom is 0.229 e. The molecule has 0 aliphatic heterocycles. The molecule has 4 nitrogen and oxygen atoms in total. The van der Waals surface area contributed by atoms with Gasteiger partial charge in [-0.05, 0) is 48.6 Å². The summed E-state index contributed by atoms with van der Waals surface area (Å²) in [6.45, 7) is 1.93. The lowest BCUT2D eigenvalue weighted by Gasteiger charge is -2.07. The molecule has 2 atom stereocenters. The third kappa shape index (κ3) is 3.03. The molecule has 1 heterocycles. The van der Waals surface area contributed by atoms with E-state index in [-0.39, 0.29) is 30.2 Å². The molecule has 6 heteroatoms. The number of halogens is 1. The van der Waals surface area contributed by atoms with Crippen LogP contribution in [-0.4, -0.2) is 22.6 Å². The number of amides is 1. The summed E-state index contributed by atoms with van der Waals surface area (Å²) in [7, 11) is 0. The Labute approximate surface area is 148 Å². The lowest BCUT2D eigenvalue weighted by atomic mass is 10.00. The molecular weight excluding hydrogens is 339 g/mol. The van der Waals surface area contributed by atoms with E-state index in [1.165, 1.54) is 17.4 Å². The second kappa shape index (κ2) is 6.20. The van der Waals surface area contributed by atoms with Gasteiger partial charge in [-0.1, -0.05) is 29.5 Å². The fraction of sp³-hybridized carbons (Fsp3) is 0.263. The van der Waals surface area contributed by atoms with Gasteiger partial charge in [0.15, 0.2) is 5.13 Å². The monoisotopic (exact) mass is 356 g/mol. The Bertz CT molecular complexity index is 949. The van der Waals surface area contributed by atoms with Crippen LogP contribution in [0.5, 0.6) is 0 Å². The van der Waals surface area contributed by atoms with Crippen molar-refractivity contribution < 1.29 is 14.3 Å². The molecule has 25 heavy (non-hydrogen) atoms. The first-order valence-corrected chi connectivity index (χ1v) is 8.96. The zero-order chi connectivity index (χ0) is 17.6. The number of benzene rings is 2. The first-order valence-electron chi connectivity index (χ1n) is 8.14. The second-order valence-electron chi connectivity index (χ2n) is 6.41. The maximum atomic E-state index is 14.2. The number of aliphatic hydroxyl groups is 1. The number of rotatable bonds is 4. The third-order valence-corrected chi connectivity index (χ3v) is 5.56. The molecule has 2 aromatic carbocycles. The number of aryl methyl sites for hydroxylation is 1. The number of hydrogen-bond acceptors (Lipinski definition) is 4. The number of aliphatic hydroxyl groups excluding tert-OH is 1. The first kappa shape index (κ1) is 16.2. The van der Waals surface area contributed by atoms with Crippen molar-refractivity contribution in [3.63, 3.8) is 0 Å². The van der Waals surface area contributed by atoms with Gasteiger partial charge >= 0.3 is 0 Å². The molecule has 1 saturated carbocycles. The number of nitrogens with zero attached hydrogens (tertiary/aromatic N) is 1. The Kier molecular flexibility index (Phi) is 4.01. The summed E-state index contributed by atoms with van der Waals surface area (Å²) < 4.78 is 15.1. The molecule has 0 bridgehead atoms. The highest BCUT2D eigenvalue weighted by Gasteiger charge is 2.42. The van der Waals surface area contributed by atoms with E-state index in [1.807, 2.05) is 31.2 Å². The minimum absolute atomic E-state index is 0.0449. The van der Waals surface area contributed by atoms with Gasteiger partial charge in [0, 0.05) is 18.1 Å². The van der Waals surface area contributed by atoms with E-state index in [2.05, 4.69) is 10.3 Å². The van der Waals surface area contributed by atoms with E-state index >= 15 is 0 Å². The number of thiazole rings is 1. The topological polar surface area (TPSA) is 62.2 Å². The van der Waals surface area contributed by atoms with Gasteiger partial charge in [-0.3, -0.25) is 4.79 Å². The summed E-state index contributed by atoms with van der Waals surface area (Å²) in [5.74, 6) is -0.386. The van der Waals surface area contributed by atoms with E-state index in [4.69, 9.17) is 5.11 Å². The number of aromatic nitrogens is 1. The van der Waals surface area contributed by atoms with Gasteiger partial charge in [-0.25, -0.2) is 9.37 Å². The SMILES string of the molecule is Cc1cccc(F)c1-c1ccc2nc(NC(=O)[C@H]3C[C@H]3CO)sc2c1. The van der Waals surface area contributed by atoms with Crippen molar-refractivity contribution in [2.45, 2.75) is 13.3 Å². The number of carbonyl (C=O) groups excluding carboxylic acids is 1. The fourth-order valence-corrected chi connectivity index (χ4v) is 4.01. The van der Waals surface area contributed by atoms with Crippen LogP contribution < -0.4 is 5.32 Å².